The number of nitrogens with zero attached hydrogens (tertiary/aromatic N) is 3. The van der Waals surface area contributed by atoms with E-state index in [-0.39, 0.29) is 30.3 Å². The van der Waals surface area contributed by atoms with Crippen LogP contribution in [0.15, 0.2) is 29.4 Å². The van der Waals surface area contributed by atoms with Crippen molar-refractivity contribution in [3.05, 3.63) is 24.3 Å². The molecule has 138 valence electrons. The van der Waals surface area contributed by atoms with Gasteiger partial charge in [-0.25, -0.2) is 4.98 Å². The van der Waals surface area contributed by atoms with Crippen molar-refractivity contribution in [2.24, 2.45) is 18.7 Å². The number of carbonyl (C=O) groups excluding carboxylic acids is 1. The molecule has 1 atom stereocenters. The van der Waals surface area contributed by atoms with E-state index in [2.05, 4.69) is 17.7 Å². The fourth-order valence-electron chi connectivity index (χ4n) is 3.07. The summed E-state index contributed by atoms with van der Waals surface area (Å²) in [5.74, 6) is 0.278. The van der Waals surface area contributed by atoms with Crippen molar-refractivity contribution < 1.29 is 4.79 Å². The lowest BCUT2D eigenvalue weighted by Gasteiger charge is -2.33. The van der Waals surface area contributed by atoms with E-state index >= 15 is 0 Å². The Morgan fingerprint density at radius 2 is 1.92 bits per heavy atom. The van der Waals surface area contributed by atoms with Gasteiger partial charge in [0.1, 0.15) is 0 Å². The number of aromatic nitrogens is 2. The zero-order chi connectivity index (χ0) is 17.3. The molecule has 1 aromatic carbocycles. The van der Waals surface area contributed by atoms with E-state index in [9.17, 15) is 4.79 Å². The summed E-state index contributed by atoms with van der Waals surface area (Å²) in [7, 11) is 2.07. The van der Waals surface area contributed by atoms with Crippen LogP contribution in [-0.2, 0) is 11.8 Å². The third-order valence-corrected chi connectivity index (χ3v) is 6.16. The summed E-state index contributed by atoms with van der Waals surface area (Å²) in [5.41, 5.74) is 8.20. The lowest BCUT2D eigenvalue weighted by atomic mass is 10.0. The van der Waals surface area contributed by atoms with Gasteiger partial charge in [0.05, 0.1) is 17.1 Å². The highest BCUT2D eigenvalue weighted by Crippen LogP contribution is 2.31. The number of carbonyl (C=O) groups is 1. The molecular weight excluding hydrogens is 356 g/mol. The Balaban J connectivity index is 0.00000225. The molecule has 25 heavy (non-hydrogen) atoms. The topological polar surface area (TPSA) is 64.2 Å². The Bertz CT molecular complexity index is 725. The Labute approximate surface area is 159 Å². The second-order valence-corrected chi connectivity index (χ2v) is 8.12. The SMILES string of the molecule is CC(C)[C@H](N)C(=O)N1CCC(Sc2nc3ccccc3n2C)CC1.Cl. The van der Waals surface area contributed by atoms with Crippen molar-refractivity contribution >= 4 is 41.1 Å². The zero-order valence-corrected chi connectivity index (χ0v) is 16.6. The molecule has 0 spiro atoms. The second-order valence-electron chi connectivity index (χ2n) is 6.85. The highest BCUT2D eigenvalue weighted by molar-refractivity contribution is 7.99. The number of thioether (sulfide) groups is 1. The Hall–Kier alpha value is -1.24. The molecule has 0 saturated carbocycles. The minimum absolute atomic E-state index is 0. The van der Waals surface area contributed by atoms with Crippen LogP contribution in [-0.4, -0.2) is 44.7 Å². The molecular formula is C18H27ClN4OS. The van der Waals surface area contributed by atoms with Crippen molar-refractivity contribution in [2.75, 3.05) is 13.1 Å². The highest BCUT2D eigenvalue weighted by Gasteiger charge is 2.28. The summed E-state index contributed by atoms with van der Waals surface area (Å²) < 4.78 is 2.16. The van der Waals surface area contributed by atoms with Gasteiger partial charge in [0.2, 0.25) is 5.91 Å². The maximum Gasteiger partial charge on any atom is 0.239 e. The van der Waals surface area contributed by atoms with E-state index in [1.165, 1.54) is 0 Å². The summed E-state index contributed by atoms with van der Waals surface area (Å²) in [5, 5.41) is 1.56. The molecule has 2 heterocycles. The third-order valence-electron chi connectivity index (χ3n) is 4.78. The predicted molar refractivity (Wildman–Crippen MR) is 106 cm³/mol. The van der Waals surface area contributed by atoms with Crippen LogP contribution in [0.3, 0.4) is 0 Å². The first kappa shape index (κ1) is 20.1. The van der Waals surface area contributed by atoms with Gasteiger partial charge in [-0.15, -0.1) is 12.4 Å². The molecule has 5 nitrogen and oxygen atoms in total. The van der Waals surface area contributed by atoms with E-state index in [1.54, 1.807) is 0 Å². The maximum atomic E-state index is 12.4. The minimum atomic E-state index is -0.381. The van der Waals surface area contributed by atoms with Crippen LogP contribution in [0.1, 0.15) is 26.7 Å². The summed E-state index contributed by atoms with van der Waals surface area (Å²) in [4.78, 5) is 19.0. The van der Waals surface area contributed by atoms with Gasteiger partial charge in [-0.3, -0.25) is 4.79 Å². The molecule has 1 saturated heterocycles. The van der Waals surface area contributed by atoms with Crippen LogP contribution in [0.4, 0.5) is 0 Å². The van der Waals surface area contributed by atoms with Gasteiger partial charge in [-0.05, 0) is 30.9 Å². The number of imidazole rings is 1. The van der Waals surface area contributed by atoms with Crippen LogP contribution in [0, 0.1) is 5.92 Å². The smallest absolute Gasteiger partial charge is 0.239 e. The molecule has 0 aliphatic carbocycles. The Morgan fingerprint density at radius 3 is 2.52 bits per heavy atom. The lowest BCUT2D eigenvalue weighted by Crippen LogP contribution is -2.49. The summed E-state index contributed by atoms with van der Waals surface area (Å²) in [6.07, 6.45) is 1.98. The lowest BCUT2D eigenvalue weighted by molar-refractivity contribution is -0.134. The fraction of sp³-hybridized carbons (Fsp3) is 0.556. The van der Waals surface area contributed by atoms with Crippen LogP contribution in [0.2, 0.25) is 0 Å². The monoisotopic (exact) mass is 382 g/mol. The molecule has 7 heteroatoms. The number of likely N-dealkylation sites (tertiary alicyclic amines) is 1. The number of piperidine rings is 1. The number of fused-ring (bicyclic) bond motifs is 1. The Morgan fingerprint density at radius 1 is 1.28 bits per heavy atom. The molecule has 3 rings (SSSR count). The molecule has 1 aromatic heterocycles. The first-order valence-electron chi connectivity index (χ1n) is 8.60. The first-order chi connectivity index (χ1) is 11.5. The van der Waals surface area contributed by atoms with E-state index in [0.717, 1.165) is 42.1 Å². The predicted octanol–water partition coefficient (Wildman–Crippen LogP) is 3.06. The van der Waals surface area contributed by atoms with Gasteiger partial charge in [-0.1, -0.05) is 37.7 Å². The van der Waals surface area contributed by atoms with Gasteiger partial charge >= 0.3 is 0 Å². The van der Waals surface area contributed by atoms with E-state index in [4.69, 9.17) is 10.7 Å². The van der Waals surface area contributed by atoms with Crippen molar-refractivity contribution in [3.63, 3.8) is 0 Å². The first-order valence-corrected chi connectivity index (χ1v) is 9.48. The molecule has 1 amide bonds. The van der Waals surface area contributed by atoms with Crippen molar-refractivity contribution in [3.8, 4) is 0 Å². The fourth-order valence-corrected chi connectivity index (χ4v) is 4.22. The van der Waals surface area contributed by atoms with E-state index in [1.807, 2.05) is 48.7 Å². The number of rotatable bonds is 4. The number of nitrogens with two attached hydrogens (primary N) is 1. The second kappa shape index (κ2) is 8.43. The molecule has 1 aliphatic heterocycles. The average molecular weight is 383 g/mol. The standard InChI is InChI=1S/C18H26N4OS.ClH/c1-12(2)16(19)17(23)22-10-8-13(9-11-22)24-18-20-14-6-4-5-7-15(14)21(18)3;/h4-7,12-13,16H,8-11,19H2,1-3H3;1H/t16-;/m0./s1. The average Bonchev–Trinajstić information content (AvgIpc) is 2.90. The maximum absolute atomic E-state index is 12.4. The quantitative estimate of drug-likeness (QED) is 0.882. The number of benzene rings is 1. The third kappa shape index (κ3) is 4.30. The van der Waals surface area contributed by atoms with Crippen LogP contribution in [0.5, 0.6) is 0 Å². The minimum Gasteiger partial charge on any atom is -0.341 e. The molecule has 1 fully saturated rings. The summed E-state index contributed by atoms with van der Waals surface area (Å²) in [6, 6.07) is 7.83. The van der Waals surface area contributed by atoms with Crippen molar-refractivity contribution in [1.29, 1.82) is 0 Å². The van der Waals surface area contributed by atoms with Gasteiger partial charge in [-0.2, -0.15) is 0 Å². The summed E-state index contributed by atoms with van der Waals surface area (Å²) in [6.45, 7) is 5.58. The number of aryl methyl sites for hydroxylation is 1. The zero-order valence-electron chi connectivity index (χ0n) is 15.0. The summed E-state index contributed by atoms with van der Waals surface area (Å²) >= 11 is 1.83. The number of hydrogen-bond donors (Lipinski definition) is 1. The molecule has 0 radical (unpaired) electrons. The van der Waals surface area contributed by atoms with Crippen LogP contribution >= 0.6 is 24.2 Å². The molecule has 1 aliphatic rings. The van der Waals surface area contributed by atoms with E-state index < -0.39 is 0 Å². The molecule has 0 bridgehead atoms. The van der Waals surface area contributed by atoms with Gasteiger partial charge < -0.3 is 15.2 Å². The van der Waals surface area contributed by atoms with E-state index in [0.29, 0.717) is 5.25 Å². The number of halogens is 1. The largest absolute Gasteiger partial charge is 0.341 e. The van der Waals surface area contributed by atoms with Gasteiger partial charge in [0, 0.05) is 25.4 Å². The van der Waals surface area contributed by atoms with Crippen molar-refractivity contribution in [2.45, 2.75) is 43.1 Å². The Kier molecular flexibility index (Phi) is 6.77. The normalized spacial score (nSPS) is 16.9. The van der Waals surface area contributed by atoms with Crippen LogP contribution in [0.25, 0.3) is 11.0 Å². The molecule has 0 unspecified atom stereocenters. The van der Waals surface area contributed by atoms with Gasteiger partial charge in [0.25, 0.3) is 0 Å². The molecule has 2 aromatic rings. The molecule has 2 N–H and O–H groups in total. The highest BCUT2D eigenvalue weighted by atomic mass is 35.5. The van der Waals surface area contributed by atoms with Crippen molar-refractivity contribution in [1.82, 2.24) is 14.5 Å². The van der Waals surface area contributed by atoms with Crippen LogP contribution < -0.4 is 5.73 Å². The number of amides is 1. The number of hydrogen-bond acceptors (Lipinski definition) is 4. The number of para-hydroxylation sites is 2. The van der Waals surface area contributed by atoms with Gasteiger partial charge in [0.15, 0.2) is 5.16 Å².